The number of benzene rings is 8. The van der Waals surface area contributed by atoms with Crippen LogP contribution in [0.3, 0.4) is 0 Å². The number of nitriles is 1. The van der Waals surface area contributed by atoms with Gasteiger partial charge in [0, 0.05) is 59.9 Å². The summed E-state index contributed by atoms with van der Waals surface area (Å²) in [6.45, 7) is 8.13. The molecule has 0 saturated carbocycles. The van der Waals surface area contributed by atoms with Gasteiger partial charge in [-0.05, 0) is 54.6 Å². The topological polar surface area (TPSA) is 64.3 Å². The van der Waals surface area contributed by atoms with E-state index in [1.165, 1.54) is 0 Å². The zero-order valence-corrected chi connectivity index (χ0v) is 29.6. The number of furan rings is 2. The van der Waals surface area contributed by atoms with Gasteiger partial charge < -0.3 is 18.0 Å². The lowest BCUT2D eigenvalue weighted by atomic mass is 9.98. The first kappa shape index (κ1) is 30.4. The van der Waals surface area contributed by atoms with Crippen molar-refractivity contribution in [1.29, 1.82) is 5.26 Å². The van der Waals surface area contributed by atoms with Gasteiger partial charge in [0.15, 0.2) is 16.9 Å². The predicted molar refractivity (Wildman–Crippen MR) is 226 cm³/mol. The largest absolute Gasteiger partial charge is 0.454 e. The van der Waals surface area contributed by atoms with Crippen molar-refractivity contribution in [2.24, 2.45) is 0 Å². The molecule has 0 saturated heterocycles. The van der Waals surface area contributed by atoms with Gasteiger partial charge in [-0.2, -0.15) is 5.26 Å². The highest BCUT2D eigenvalue weighted by Crippen LogP contribution is 2.46. The monoisotopic (exact) mass is 714 g/mol. The first-order chi connectivity index (χ1) is 27.7. The molecule has 0 spiro atoms. The summed E-state index contributed by atoms with van der Waals surface area (Å²) in [5, 5.41) is 18.8. The third-order valence-corrected chi connectivity index (χ3v) is 11.4. The Morgan fingerprint density at radius 2 is 0.929 bits per heavy atom. The lowest BCUT2D eigenvalue weighted by molar-refractivity contribution is 0.670. The van der Waals surface area contributed by atoms with Crippen LogP contribution in [-0.2, 0) is 0 Å². The third kappa shape index (κ3) is 4.02. The summed E-state index contributed by atoms with van der Waals surface area (Å²) in [5.74, 6) is 0. The summed E-state index contributed by atoms with van der Waals surface area (Å²) in [4.78, 5) is 3.92. The molecule has 6 heteroatoms. The van der Waals surface area contributed by atoms with Crippen LogP contribution in [0, 0.1) is 17.9 Å². The fourth-order valence-corrected chi connectivity index (χ4v) is 8.98. The second kappa shape index (κ2) is 11.2. The maximum Gasteiger partial charge on any atom is 0.189 e. The third-order valence-electron chi connectivity index (χ3n) is 11.4. The molecule has 6 nitrogen and oxygen atoms in total. The van der Waals surface area contributed by atoms with E-state index in [0.717, 1.165) is 110 Å². The Morgan fingerprint density at radius 1 is 0.464 bits per heavy atom. The number of rotatable bonds is 3. The molecular formula is C50H26N4O2. The Labute approximate surface area is 318 Å². The van der Waals surface area contributed by atoms with Crippen LogP contribution in [0.2, 0.25) is 0 Å². The minimum absolute atomic E-state index is 0.516. The van der Waals surface area contributed by atoms with E-state index >= 15 is 0 Å². The molecule has 0 aliphatic carbocycles. The fourth-order valence-electron chi connectivity index (χ4n) is 8.98. The van der Waals surface area contributed by atoms with Gasteiger partial charge >= 0.3 is 0 Å². The van der Waals surface area contributed by atoms with Gasteiger partial charge in [0.2, 0.25) is 0 Å². The van der Waals surface area contributed by atoms with Crippen molar-refractivity contribution in [3.8, 4) is 28.6 Å². The van der Waals surface area contributed by atoms with Crippen LogP contribution in [0.25, 0.3) is 115 Å². The molecule has 4 heterocycles. The Balaban J connectivity index is 1.24. The molecule has 258 valence electrons. The molecule has 0 aliphatic heterocycles. The summed E-state index contributed by atoms with van der Waals surface area (Å²) in [5.41, 5.74) is 11.6. The Kier molecular flexibility index (Phi) is 6.10. The normalized spacial score (nSPS) is 11.9. The van der Waals surface area contributed by atoms with Gasteiger partial charge in [-0.3, -0.25) is 0 Å². The average molecular weight is 715 g/mol. The molecule has 0 fully saturated rings. The predicted octanol–water partition coefficient (Wildman–Crippen LogP) is 13.8. The summed E-state index contributed by atoms with van der Waals surface area (Å²) in [7, 11) is 0. The van der Waals surface area contributed by atoms with E-state index < -0.39 is 0 Å². The van der Waals surface area contributed by atoms with Gasteiger partial charge in [-0.15, -0.1) is 0 Å². The van der Waals surface area contributed by atoms with E-state index in [1.807, 2.05) is 78.9 Å². The van der Waals surface area contributed by atoms with Crippen molar-refractivity contribution in [3.05, 3.63) is 175 Å². The molecule has 8 aromatic carbocycles. The van der Waals surface area contributed by atoms with Gasteiger partial charge in [-0.25, -0.2) is 4.85 Å². The van der Waals surface area contributed by atoms with Gasteiger partial charge in [-0.1, -0.05) is 103 Å². The van der Waals surface area contributed by atoms with E-state index in [-0.39, 0.29) is 0 Å². The summed E-state index contributed by atoms with van der Waals surface area (Å²) >= 11 is 0. The highest BCUT2D eigenvalue weighted by molar-refractivity contribution is 6.23. The zero-order valence-electron chi connectivity index (χ0n) is 29.6. The Bertz CT molecular complexity index is 3500. The van der Waals surface area contributed by atoms with Crippen LogP contribution in [0.4, 0.5) is 5.69 Å². The van der Waals surface area contributed by atoms with Crippen molar-refractivity contribution in [2.75, 3.05) is 0 Å². The number of hydrogen-bond donors (Lipinski definition) is 0. The molecule has 0 N–H and O–H groups in total. The average Bonchev–Trinajstić information content (AvgIpc) is 4.01. The Morgan fingerprint density at radius 3 is 1.46 bits per heavy atom. The molecule has 4 aromatic heterocycles. The van der Waals surface area contributed by atoms with E-state index in [2.05, 4.69) is 98.9 Å². The first-order valence-electron chi connectivity index (χ1n) is 18.4. The van der Waals surface area contributed by atoms with Gasteiger partial charge in [0.05, 0.1) is 46.0 Å². The van der Waals surface area contributed by atoms with Gasteiger partial charge in [0.25, 0.3) is 0 Å². The molecule has 12 aromatic rings. The molecule has 0 unspecified atom stereocenters. The molecule has 12 rings (SSSR count). The van der Waals surface area contributed by atoms with Crippen LogP contribution in [-0.4, -0.2) is 9.13 Å². The van der Waals surface area contributed by atoms with Crippen molar-refractivity contribution in [1.82, 2.24) is 9.13 Å². The highest BCUT2D eigenvalue weighted by atomic mass is 16.3. The minimum Gasteiger partial charge on any atom is -0.454 e. The van der Waals surface area contributed by atoms with Crippen LogP contribution in [0.15, 0.2) is 167 Å². The molecule has 56 heavy (non-hydrogen) atoms. The first-order valence-corrected chi connectivity index (χ1v) is 18.4. The van der Waals surface area contributed by atoms with Crippen molar-refractivity contribution < 1.29 is 8.83 Å². The number of aromatic nitrogens is 2. The summed E-state index contributed by atoms with van der Waals surface area (Å²) < 4.78 is 17.9. The highest BCUT2D eigenvalue weighted by Gasteiger charge is 2.25. The van der Waals surface area contributed by atoms with Crippen LogP contribution in [0.5, 0.6) is 0 Å². The van der Waals surface area contributed by atoms with E-state index in [9.17, 15) is 5.26 Å². The Hall–Kier alpha value is -8.06. The van der Waals surface area contributed by atoms with E-state index in [0.29, 0.717) is 11.3 Å². The molecule has 0 radical (unpaired) electrons. The van der Waals surface area contributed by atoms with E-state index in [4.69, 9.17) is 15.4 Å². The van der Waals surface area contributed by atoms with Crippen molar-refractivity contribution in [3.63, 3.8) is 0 Å². The number of fused-ring (bicyclic) bond motifs is 14. The maximum atomic E-state index is 10.4. The quantitative estimate of drug-likeness (QED) is 0.171. The molecule has 0 aliphatic rings. The number of para-hydroxylation sites is 4. The van der Waals surface area contributed by atoms with Crippen LogP contribution in [0.1, 0.15) is 5.56 Å². The van der Waals surface area contributed by atoms with Crippen molar-refractivity contribution in [2.45, 2.75) is 0 Å². The number of nitrogens with zero attached hydrogens (tertiary/aromatic N) is 4. The summed E-state index contributed by atoms with van der Waals surface area (Å²) in [6.07, 6.45) is 0. The fraction of sp³-hybridized carbons (Fsp3) is 0. The lowest BCUT2D eigenvalue weighted by Gasteiger charge is -2.19. The maximum absolute atomic E-state index is 10.4. The second-order valence-electron chi connectivity index (χ2n) is 14.2. The summed E-state index contributed by atoms with van der Waals surface area (Å²) in [6, 6.07) is 55.9. The second-order valence-corrected chi connectivity index (χ2v) is 14.2. The minimum atomic E-state index is 0.516. The molecular weight excluding hydrogens is 689 g/mol. The molecule has 0 bridgehead atoms. The molecule has 0 amide bonds. The van der Waals surface area contributed by atoms with Gasteiger partial charge in [0.1, 0.15) is 11.2 Å². The lowest BCUT2D eigenvalue weighted by Crippen LogP contribution is -2.02. The standard InChI is InChI=1S/C50H26N4O2/c1-52-30-19-21-34(44(27-30)54-42-15-7-3-11-32(42)38-23-25-40-36-13-5-9-17-46(36)56-50(40)48(38)54)33-20-18-29(28-51)26-43(33)53-41-14-6-2-10-31(41)37-22-24-39-35-12-4-8-16-45(35)55-49(39)47(37)53/h2-27H. The SMILES string of the molecule is [C-]#[N+]c1ccc(-c2ccc(C#N)cc2-n2c3ccccc3c3ccc4c5ccccc5oc4c32)c(-n2c3ccccc3c3ccc4c5ccccc5oc4c32)c1. The number of hydrogen-bond acceptors (Lipinski definition) is 3. The van der Waals surface area contributed by atoms with Crippen LogP contribution < -0.4 is 0 Å². The van der Waals surface area contributed by atoms with E-state index in [1.54, 1.807) is 0 Å². The zero-order chi connectivity index (χ0) is 37.1. The van der Waals surface area contributed by atoms with Crippen LogP contribution >= 0.6 is 0 Å². The smallest absolute Gasteiger partial charge is 0.189 e. The van der Waals surface area contributed by atoms with Crippen molar-refractivity contribution >= 4 is 93.2 Å². The molecule has 0 atom stereocenters.